The lowest BCUT2D eigenvalue weighted by Gasteiger charge is -2.34. The van der Waals surface area contributed by atoms with Crippen LogP contribution in [-0.4, -0.2) is 49.3 Å². The molecule has 2 N–H and O–H groups in total. The zero-order valence-corrected chi connectivity index (χ0v) is 14.2. The molecule has 1 aromatic carbocycles. The number of ether oxygens (including phenoxy) is 2. The van der Waals surface area contributed by atoms with Crippen molar-refractivity contribution in [3.63, 3.8) is 0 Å². The fourth-order valence-electron chi connectivity index (χ4n) is 3.00. The Bertz CT molecular complexity index is 605. The molecule has 2 amide bonds. The van der Waals surface area contributed by atoms with Crippen molar-refractivity contribution < 1.29 is 24.2 Å². The van der Waals surface area contributed by atoms with Gasteiger partial charge in [-0.1, -0.05) is 6.92 Å². The quantitative estimate of drug-likeness (QED) is 0.858. The van der Waals surface area contributed by atoms with Crippen molar-refractivity contribution in [1.82, 2.24) is 10.2 Å². The summed E-state index contributed by atoms with van der Waals surface area (Å²) >= 11 is 0. The van der Waals surface area contributed by atoms with E-state index in [0.29, 0.717) is 24.5 Å². The minimum Gasteiger partial charge on any atom is -0.497 e. The normalized spacial score (nSPS) is 20.4. The van der Waals surface area contributed by atoms with Gasteiger partial charge in [0.05, 0.1) is 20.1 Å². The Hall–Kier alpha value is -2.44. The van der Waals surface area contributed by atoms with Gasteiger partial charge in [0, 0.05) is 25.2 Å². The number of amides is 2. The Kier molecular flexibility index (Phi) is 5.89. The highest BCUT2D eigenvalue weighted by Gasteiger charge is 2.31. The number of carbonyl (C=O) groups excluding carboxylic acids is 1. The van der Waals surface area contributed by atoms with E-state index in [1.807, 2.05) is 6.92 Å². The Labute approximate surface area is 141 Å². The second-order valence-electron chi connectivity index (χ2n) is 6.12. The van der Waals surface area contributed by atoms with Gasteiger partial charge in [0.15, 0.2) is 0 Å². The van der Waals surface area contributed by atoms with Crippen molar-refractivity contribution in [3.8, 4) is 11.5 Å². The van der Waals surface area contributed by atoms with E-state index in [1.54, 1.807) is 37.3 Å². The molecule has 7 nitrogen and oxygen atoms in total. The summed E-state index contributed by atoms with van der Waals surface area (Å²) < 4.78 is 10.5. The number of rotatable bonds is 5. The van der Waals surface area contributed by atoms with Crippen molar-refractivity contribution in [2.75, 3.05) is 27.3 Å². The van der Waals surface area contributed by atoms with Gasteiger partial charge < -0.3 is 24.8 Å². The minimum atomic E-state index is -0.853. The Morgan fingerprint density at radius 2 is 2.04 bits per heavy atom. The van der Waals surface area contributed by atoms with E-state index in [2.05, 4.69) is 5.32 Å². The molecule has 1 aromatic rings. The fourth-order valence-corrected chi connectivity index (χ4v) is 3.00. The largest absolute Gasteiger partial charge is 0.497 e. The minimum absolute atomic E-state index is 0.164. The average molecular weight is 336 g/mol. The number of hydrogen-bond acceptors (Lipinski definition) is 4. The van der Waals surface area contributed by atoms with Crippen LogP contribution in [0.1, 0.15) is 18.9 Å². The first-order valence-electron chi connectivity index (χ1n) is 7.91. The molecule has 2 rings (SSSR count). The van der Waals surface area contributed by atoms with Gasteiger partial charge >= 0.3 is 12.0 Å². The van der Waals surface area contributed by atoms with Gasteiger partial charge in [-0.2, -0.15) is 0 Å². The molecule has 0 radical (unpaired) electrons. The molecule has 0 saturated carbocycles. The molecule has 2 atom stereocenters. The molecule has 7 heteroatoms. The number of aliphatic carboxylic acids is 1. The molecule has 1 saturated heterocycles. The monoisotopic (exact) mass is 336 g/mol. The van der Waals surface area contributed by atoms with E-state index in [-0.39, 0.29) is 25.0 Å². The number of urea groups is 1. The fraction of sp³-hybridized carbons (Fsp3) is 0.529. The van der Waals surface area contributed by atoms with Crippen LogP contribution in [0.2, 0.25) is 0 Å². The number of carboxylic acid groups (broad SMARTS) is 1. The molecule has 0 aromatic heterocycles. The Morgan fingerprint density at radius 3 is 2.67 bits per heavy atom. The summed E-state index contributed by atoms with van der Waals surface area (Å²) in [6.07, 6.45) is 0.600. The van der Waals surface area contributed by atoms with Crippen molar-refractivity contribution in [1.29, 1.82) is 0 Å². The van der Waals surface area contributed by atoms with Gasteiger partial charge in [-0.15, -0.1) is 0 Å². The topological polar surface area (TPSA) is 88.1 Å². The molecule has 24 heavy (non-hydrogen) atoms. The highest BCUT2D eigenvalue weighted by atomic mass is 16.5. The van der Waals surface area contributed by atoms with Crippen LogP contribution in [0, 0.1) is 11.8 Å². The van der Waals surface area contributed by atoms with Crippen LogP contribution in [0.5, 0.6) is 11.5 Å². The molecule has 1 aliphatic rings. The summed E-state index contributed by atoms with van der Waals surface area (Å²) in [6.45, 7) is 3.04. The summed E-state index contributed by atoms with van der Waals surface area (Å²) in [5.41, 5.74) is 0.796. The van der Waals surface area contributed by atoms with Crippen molar-refractivity contribution in [3.05, 3.63) is 23.8 Å². The summed E-state index contributed by atoms with van der Waals surface area (Å²) in [7, 11) is 3.14. The molecule has 1 aliphatic heterocycles. The Balaban J connectivity index is 2.01. The maximum absolute atomic E-state index is 12.4. The van der Waals surface area contributed by atoms with Gasteiger partial charge in [0.25, 0.3) is 0 Å². The number of benzene rings is 1. The predicted octanol–water partition coefficient (Wildman–Crippen LogP) is 1.96. The van der Waals surface area contributed by atoms with Crippen molar-refractivity contribution >= 4 is 12.0 Å². The summed E-state index contributed by atoms with van der Waals surface area (Å²) in [5.74, 6) is 0.140. The standard InChI is InChI=1S/C17H24N2O5/c1-11-6-13(16(20)21)10-19(9-11)17(22)18-8-12-7-14(23-2)4-5-15(12)24-3/h4-5,7,11,13H,6,8-10H2,1-3H3,(H,18,22)(H,20,21). The van der Waals surface area contributed by atoms with Crippen LogP contribution in [0.4, 0.5) is 4.79 Å². The lowest BCUT2D eigenvalue weighted by atomic mass is 9.91. The van der Waals surface area contributed by atoms with Crippen molar-refractivity contribution in [2.45, 2.75) is 19.9 Å². The number of hydrogen-bond donors (Lipinski definition) is 2. The predicted molar refractivity (Wildman–Crippen MR) is 88.3 cm³/mol. The van der Waals surface area contributed by atoms with E-state index in [0.717, 1.165) is 5.56 Å². The zero-order valence-electron chi connectivity index (χ0n) is 14.2. The number of carboxylic acids is 1. The van der Waals surface area contributed by atoms with E-state index in [4.69, 9.17) is 9.47 Å². The van der Waals surface area contributed by atoms with Gasteiger partial charge in [-0.25, -0.2) is 4.79 Å². The van der Waals surface area contributed by atoms with Crippen LogP contribution in [-0.2, 0) is 11.3 Å². The first-order chi connectivity index (χ1) is 11.4. The Morgan fingerprint density at radius 1 is 1.29 bits per heavy atom. The third kappa shape index (κ3) is 4.31. The molecule has 0 bridgehead atoms. The number of carbonyl (C=O) groups is 2. The molecular formula is C17H24N2O5. The maximum Gasteiger partial charge on any atom is 0.317 e. The third-order valence-electron chi connectivity index (χ3n) is 4.21. The van der Waals surface area contributed by atoms with Gasteiger partial charge in [0.2, 0.25) is 0 Å². The molecule has 1 heterocycles. The van der Waals surface area contributed by atoms with Crippen LogP contribution in [0.3, 0.4) is 0 Å². The number of likely N-dealkylation sites (tertiary alicyclic amines) is 1. The molecule has 132 valence electrons. The average Bonchev–Trinajstić information content (AvgIpc) is 2.58. The van der Waals surface area contributed by atoms with Gasteiger partial charge in [-0.3, -0.25) is 4.79 Å². The molecule has 0 aliphatic carbocycles. The SMILES string of the molecule is COc1ccc(OC)c(CNC(=O)N2CC(C)CC(C(=O)O)C2)c1. The van der Waals surface area contributed by atoms with Crippen molar-refractivity contribution in [2.24, 2.45) is 11.8 Å². The first-order valence-corrected chi connectivity index (χ1v) is 7.91. The molecule has 0 spiro atoms. The maximum atomic E-state index is 12.4. The zero-order chi connectivity index (χ0) is 17.7. The van der Waals surface area contributed by atoms with E-state index in [9.17, 15) is 14.7 Å². The number of nitrogens with zero attached hydrogens (tertiary/aromatic N) is 1. The number of nitrogens with one attached hydrogen (secondary N) is 1. The van der Waals surface area contributed by atoms with Gasteiger partial charge in [0.1, 0.15) is 11.5 Å². The van der Waals surface area contributed by atoms with Crippen LogP contribution in [0.25, 0.3) is 0 Å². The van der Waals surface area contributed by atoms with E-state index < -0.39 is 11.9 Å². The molecule has 1 fully saturated rings. The van der Waals surface area contributed by atoms with Crippen LogP contribution >= 0.6 is 0 Å². The second kappa shape index (κ2) is 7.90. The first kappa shape index (κ1) is 17.9. The highest BCUT2D eigenvalue weighted by molar-refractivity contribution is 5.76. The molecule has 2 unspecified atom stereocenters. The lowest BCUT2D eigenvalue weighted by Crippen LogP contribution is -2.49. The van der Waals surface area contributed by atoms with E-state index in [1.165, 1.54) is 0 Å². The highest BCUT2D eigenvalue weighted by Crippen LogP contribution is 2.24. The second-order valence-corrected chi connectivity index (χ2v) is 6.12. The smallest absolute Gasteiger partial charge is 0.317 e. The van der Waals surface area contributed by atoms with Crippen LogP contribution < -0.4 is 14.8 Å². The third-order valence-corrected chi connectivity index (χ3v) is 4.21. The molecular weight excluding hydrogens is 312 g/mol. The number of piperidine rings is 1. The number of methoxy groups -OCH3 is 2. The van der Waals surface area contributed by atoms with E-state index >= 15 is 0 Å². The summed E-state index contributed by atoms with van der Waals surface area (Å²) in [5, 5.41) is 12.0. The lowest BCUT2D eigenvalue weighted by molar-refractivity contribution is -0.143. The summed E-state index contributed by atoms with van der Waals surface area (Å²) in [4.78, 5) is 25.2. The van der Waals surface area contributed by atoms with Crippen LogP contribution in [0.15, 0.2) is 18.2 Å². The summed E-state index contributed by atoms with van der Waals surface area (Å²) in [6, 6.07) is 5.10. The van der Waals surface area contributed by atoms with Gasteiger partial charge in [-0.05, 0) is 30.5 Å².